The highest BCUT2D eigenvalue weighted by molar-refractivity contribution is 6.35. The van der Waals surface area contributed by atoms with Crippen LogP contribution >= 0.6 is 23.2 Å². The van der Waals surface area contributed by atoms with E-state index in [1.165, 1.54) is 12.1 Å². The number of nitrogens with one attached hydrogen (secondary N) is 2. The molecule has 1 aromatic rings. The summed E-state index contributed by atoms with van der Waals surface area (Å²) in [6.07, 6.45) is 0.444. The molecule has 1 aromatic carbocycles. The van der Waals surface area contributed by atoms with E-state index in [9.17, 15) is 9.18 Å². The Labute approximate surface area is 108 Å². The van der Waals surface area contributed by atoms with Crippen LogP contribution in [-0.4, -0.2) is 19.0 Å². The molecule has 6 heteroatoms. The molecule has 2 rings (SSSR count). The molecule has 2 N–H and O–H groups in total. The average Bonchev–Trinajstić information content (AvgIpc) is 2.20. The van der Waals surface area contributed by atoms with Gasteiger partial charge in [-0.2, -0.15) is 0 Å². The Morgan fingerprint density at radius 1 is 1.41 bits per heavy atom. The van der Waals surface area contributed by atoms with E-state index in [0.717, 1.165) is 13.1 Å². The lowest BCUT2D eigenvalue weighted by molar-refractivity contribution is -0.117. The molecule has 0 unspecified atom stereocenters. The Hall–Kier alpha value is -0.840. The summed E-state index contributed by atoms with van der Waals surface area (Å²) in [4.78, 5) is 11.6. The summed E-state index contributed by atoms with van der Waals surface area (Å²) in [7, 11) is 0. The summed E-state index contributed by atoms with van der Waals surface area (Å²) >= 11 is 11.3. The first-order chi connectivity index (χ1) is 8.06. The number of carbonyl (C=O) groups excluding carboxylic acids is 1. The van der Waals surface area contributed by atoms with Crippen LogP contribution in [0.3, 0.4) is 0 Å². The molecule has 0 radical (unpaired) electrons. The molecule has 0 spiro atoms. The Bertz CT molecular complexity index is 426. The minimum atomic E-state index is -0.672. The van der Waals surface area contributed by atoms with Crippen molar-refractivity contribution in [3.63, 3.8) is 0 Å². The Morgan fingerprint density at radius 2 is 2.00 bits per heavy atom. The number of amides is 1. The lowest BCUT2D eigenvalue weighted by atomic mass is 9.99. The second-order valence-electron chi connectivity index (χ2n) is 4.03. The van der Waals surface area contributed by atoms with Crippen molar-refractivity contribution in [1.29, 1.82) is 0 Å². The standard InChI is InChI=1S/C11H11Cl2FN2O/c12-8-2-7(3-9(13)11(8)14)16-10(17)1-6-4-15-5-6/h2-3,6,15H,1,4-5H2,(H,16,17). The molecule has 0 atom stereocenters. The molecule has 1 saturated heterocycles. The summed E-state index contributed by atoms with van der Waals surface area (Å²) in [5.41, 5.74) is 0.415. The van der Waals surface area contributed by atoms with E-state index in [1.54, 1.807) is 0 Å². The molecule has 0 saturated carbocycles. The Morgan fingerprint density at radius 3 is 2.47 bits per heavy atom. The van der Waals surface area contributed by atoms with Gasteiger partial charge in [-0.25, -0.2) is 4.39 Å². The van der Waals surface area contributed by atoms with Crippen LogP contribution in [0.15, 0.2) is 12.1 Å². The molecule has 1 aliphatic heterocycles. The maximum absolute atomic E-state index is 13.1. The van der Waals surface area contributed by atoms with Gasteiger partial charge in [0.1, 0.15) is 0 Å². The van der Waals surface area contributed by atoms with Gasteiger partial charge in [-0.15, -0.1) is 0 Å². The second kappa shape index (κ2) is 5.21. The number of hydrogen-bond donors (Lipinski definition) is 2. The summed E-state index contributed by atoms with van der Waals surface area (Å²) < 4.78 is 13.1. The number of benzene rings is 1. The molecule has 1 aliphatic rings. The van der Waals surface area contributed by atoms with E-state index in [-0.39, 0.29) is 16.0 Å². The largest absolute Gasteiger partial charge is 0.326 e. The number of anilines is 1. The van der Waals surface area contributed by atoms with Gasteiger partial charge in [0, 0.05) is 12.1 Å². The molecule has 92 valence electrons. The van der Waals surface area contributed by atoms with Crippen LogP contribution in [0.2, 0.25) is 10.0 Å². The number of rotatable bonds is 3. The first-order valence-corrected chi connectivity index (χ1v) is 5.97. The topological polar surface area (TPSA) is 41.1 Å². The third-order valence-corrected chi connectivity index (χ3v) is 3.16. The molecule has 17 heavy (non-hydrogen) atoms. The highest BCUT2D eigenvalue weighted by atomic mass is 35.5. The van der Waals surface area contributed by atoms with Crippen LogP contribution in [0.1, 0.15) is 6.42 Å². The molecule has 0 aromatic heterocycles. The van der Waals surface area contributed by atoms with Crippen LogP contribution in [0.25, 0.3) is 0 Å². The lowest BCUT2D eigenvalue weighted by Crippen LogP contribution is -2.43. The summed E-state index contributed by atoms with van der Waals surface area (Å²) in [6, 6.07) is 2.69. The smallest absolute Gasteiger partial charge is 0.224 e. The van der Waals surface area contributed by atoms with Crippen molar-refractivity contribution in [3.05, 3.63) is 28.0 Å². The van der Waals surface area contributed by atoms with Crippen LogP contribution in [0, 0.1) is 11.7 Å². The van der Waals surface area contributed by atoms with Crippen molar-refractivity contribution in [2.24, 2.45) is 5.92 Å². The molecular formula is C11H11Cl2FN2O. The normalized spacial score (nSPS) is 15.5. The highest BCUT2D eigenvalue weighted by Gasteiger charge is 2.20. The van der Waals surface area contributed by atoms with Gasteiger partial charge in [-0.05, 0) is 31.1 Å². The number of carbonyl (C=O) groups is 1. The molecule has 0 aliphatic carbocycles. The number of halogens is 3. The zero-order valence-corrected chi connectivity index (χ0v) is 10.4. The third-order valence-electron chi connectivity index (χ3n) is 2.61. The van der Waals surface area contributed by atoms with Gasteiger partial charge in [-0.3, -0.25) is 4.79 Å². The van der Waals surface area contributed by atoms with Crippen molar-refractivity contribution in [2.75, 3.05) is 18.4 Å². The van der Waals surface area contributed by atoms with Crippen molar-refractivity contribution in [1.82, 2.24) is 5.32 Å². The van der Waals surface area contributed by atoms with E-state index in [4.69, 9.17) is 23.2 Å². The maximum atomic E-state index is 13.1. The highest BCUT2D eigenvalue weighted by Crippen LogP contribution is 2.27. The van der Waals surface area contributed by atoms with Crippen molar-refractivity contribution in [3.8, 4) is 0 Å². The van der Waals surface area contributed by atoms with E-state index in [1.807, 2.05) is 0 Å². The molecule has 0 bridgehead atoms. The molecule has 1 heterocycles. The molecular weight excluding hydrogens is 266 g/mol. The SMILES string of the molecule is O=C(CC1CNC1)Nc1cc(Cl)c(F)c(Cl)c1. The van der Waals surface area contributed by atoms with E-state index < -0.39 is 5.82 Å². The van der Waals surface area contributed by atoms with E-state index >= 15 is 0 Å². The van der Waals surface area contributed by atoms with Crippen LogP contribution in [0.4, 0.5) is 10.1 Å². The zero-order chi connectivity index (χ0) is 12.4. The van der Waals surface area contributed by atoms with Gasteiger partial charge in [0.05, 0.1) is 10.0 Å². The van der Waals surface area contributed by atoms with Gasteiger partial charge in [0.2, 0.25) is 5.91 Å². The Balaban J connectivity index is 2.00. The van der Waals surface area contributed by atoms with E-state index in [0.29, 0.717) is 18.0 Å². The van der Waals surface area contributed by atoms with Gasteiger partial charge in [-0.1, -0.05) is 23.2 Å². The second-order valence-corrected chi connectivity index (χ2v) is 4.84. The predicted octanol–water partition coefficient (Wildman–Crippen LogP) is 2.68. The van der Waals surface area contributed by atoms with Crippen LogP contribution < -0.4 is 10.6 Å². The summed E-state index contributed by atoms with van der Waals surface area (Å²) in [5, 5.41) is 5.53. The zero-order valence-electron chi connectivity index (χ0n) is 8.90. The summed E-state index contributed by atoms with van der Waals surface area (Å²) in [6.45, 7) is 1.72. The fourth-order valence-corrected chi connectivity index (χ4v) is 2.08. The molecule has 3 nitrogen and oxygen atoms in total. The first kappa shape index (κ1) is 12.6. The van der Waals surface area contributed by atoms with Gasteiger partial charge < -0.3 is 10.6 Å². The Kier molecular flexibility index (Phi) is 3.86. The fraction of sp³-hybridized carbons (Fsp3) is 0.364. The van der Waals surface area contributed by atoms with Crippen molar-refractivity contribution in [2.45, 2.75) is 6.42 Å². The monoisotopic (exact) mass is 276 g/mol. The quantitative estimate of drug-likeness (QED) is 0.834. The van der Waals surface area contributed by atoms with Gasteiger partial charge >= 0.3 is 0 Å². The number of hydrogen-bond acceptors (Lipinski definition) is 2. The minimum absolute atomic E-state index is 0.0990. The van der Waals surface area contributed by atoms with Crippen LogP contribution in [0.5, 0.6) is 0 Å². The van der Waals surface area contributed by atoms with Crippen LogP contribution in [-0.2, 0) is 4.79 Å². The van der Waals surface area contributed by atoms with Gasteiger partial charge in [0.25, 0.3) is 0 Å². The van der Waals surface area contributed by atoms with E-state index in [2.05, 4.69) is 10.6 Å². The fourth-order valence-electron chi connectivity index (χ4n) is 1.59. The first-order valence-electron chi connectivity index (χ1n) is 5.21. The maximum Gasteiger partial charge on any atom is 0.224 e. The average molecular weight is 277 g/mol. The predicted molar refractivity (Wildman–Crippen MR) is 66.0 cm³/mol. The lowest BCUT2D eigenvalue weighted by Gasteiger charge is -2.26. The molecule has 1 fully saturated rings. The summed E-state index contributed by atoms with van der Waals surface area (Å²) in [5.74, 6) is -0.411. The van der Waals surface area contributed by atoms with Crippen molar-refractivity contribution < 1.29 is 9.18 Å². The third kappa shape index (κ3) is 3.09. The minimum Gasteiger partial charge on any atom is -0.326 e. The van der Waals surface area contributed by atoms with Crippen molar-refractivity contribution >= 4 is 34.8 Å². The molecule has 1 amide bonds. The van der Waals surface area contributed by atoms with Gasteiger partial charge in [0.15, 0.2) is 5.82 Å².